The molecule has 0 heteroatoms. The van der Waals surface area contributed by atoms with Crippen molar-refractivity contribution in [1.82, 2.24) is 0 Å². The lowest BCUT2D eigenvalue weighted by Crippen LogP contribution is -2.00. The van der Waals surface area contributed by atoms with Gasteiger partial charge in [0.25, 0.3) is 0 Å². The Kier molecular flexibility index (Phi) is 17.3. The molecular weight excluding hydrogens is 156 g/mol. The molecule has 0 amide bonds. The third kappa shape index (κ3) is 133. The molecular formula is C13H32. The summed E-state index contributed by atoms with van der Waals surface area (Å²) in [5.41, 5.74) is 0.542. The van der Waals surface area contributed by atoms with Crippen LogP contribution in [-0.2, 0) is 0 Å². The SMILES string of the molecule is CC(C)C.CCC.CCC(C)(C)C. The van der Waals surface area contributed by atoms with Crippen LogP contribution >= 0.6 is 0 Å². The monoisotopic (exact) mass is 188 g/mol. The molecule has 0 atom stereocenters. The van der Waals surface area contributed by atoms with Gasteiger partial charge in [-0.3, -0.25) is 0 Å². The summed E-state index contributed by atoms with van der Waals surface area (Å²) < 4.78 is 0. The van der Waals surface area contributed by atoms with Gasteiger partial charge >= 0.3 is 0 Å². The highest BCUT2D eigenvalue weighted by atomic mass is 14.1. The van der Waals surface area contributed by atoms with Crippen molar-refractivity contribution < 1.29 is 0 Å². The molecule has 0 aliphatic rings. The van der Waals surface area contributed by atoms with E-state index in [9.17, 15) is 0 Å². The molecule has 13 heavy (non-hydrogen) atoms. The maximum Gasteiger partial charge on any atom is -0.0385 e. The molecule has 0 spiro atoms. The van der Waals surface area contributed by atoms with Crippen molar-refractivity contribution in [3.8, 4) is 0 Å². The van der Waals surface area contributed by atoms with Crippen LogP contribution < -0.4 is 0 Å². The Morgan fingerprint density at radius 3 is 0.923 bits per heavy atom. The molecule has 0 saturated heterocycles. The van der Waals surface area contributed by atoms with E-state index in [1.807, 2.05) is 0 Å². The predicted octanol–water partition coefficient (Wildman–Crippen LogP) is 5.52. The van der Waals surface area contributed by atoms with Gasteiger partial charge in [0.15, 0.2) is 0 Å². The molecule has 0 saturated carbocycles. The fraction of sp³-hybridized carbons (Fsp3) is 1.00. The third-order valence-electron chi connectivity index (χ3n) is 1.06. The maximum absolute atomic E-state index is 2.24. The van der Waals surface area contributed by atoms with Gasteiger partial charge in [-0.15, -0.1) is 0 Å². The second-order valence-electron chi connectivity index (χ2n) is 5.35. The van der Waals surface area contributed by atoms with Crippen molar-refractivity contribution >= 4 is 0 Å². The fourth-order valence-electron chi connectivity index (χ4n) is 0. The normalized spacial score (nSPS) is 9.69. The van der Waals surface area contributed by atoms with Crippen LogP contribution in [0.1, 0.15) is 75.2 Å². The molecule has 0 nitrogen and oxygen atoms in total. The first kappa shape index (κ1) is 18.7. The average Bonchev–Trinajstić information content (AvgIpc) is 1.86. The molecule has 0 aromatic carbocycles. The number of hydrogen-bond acceptors (Lipinski definition) is 0. The van der Waals surface area contributed by atoms with E-state index < -0.39 is 0 Å². The van der Waals surface area contributed by atoms with Crippen molar-refractivity contribution in [2.45, 2.75) is 75.2 Å². The van der Waals surface area contributed by atoms with Crippen LogP contribution in [0.5, 0.6) is 0 Å². The van der Waals surface area contributed by atoms with E-state index in [1.54, 1.807) is 0 Å². The van der Waals surface area contributed by atoms with E-state index in [0.29, 0.717) is 5.41 Å². The Morgan fingerprint density at radius 2 is 0.923 bits per heavy atom. The zero-order valence-electron chi connectivity index (χ0n) is 11.5. The van der Waals surface area contributed by atoms with Crippen LogP contribution in [0.3, 0.4) is 0 Å². The van der Waals surface area contributed by atoms with Crippen molar-refractivity contribution in [1.29, 1.82) is 0 Å². The second kappa shape index (κ2) is 12.0. The Hall–Kier alpha value is 0. The first-order valence-electron chi connectivity index (χ1n) is 5.71. The quantitative estimate of drug-likeness (QED) is 0.469. The van der Waals surface area contributed by atoms with Crippen LogP contribution in [0.4, 0.5) is 0 Å². The first-order chi connectivity index (χ1) is 5.71. The zero-order valence-corrected chi connectivity index (χ0v) is 11.5. The maximum atomic E-state index is 2.24. The van der Waals surface area contributed by atoms with E-state index in [0.717, 1.165) is 5.92 Å². The summed E-state index contributed by atoms with van der Waals surface area (Å²) in [5, 5.41) is 0. The van der Waals surface area contributed by atoms with E-state index in [4.69, 9.17) is 0 Å². The molecule has 0 aromatic rings. The van der Waals surface area contributed by atoms with Gasteiger partial charge in [-0.05, 0) is 11.3 Å². The molecule has 0 bridgehead atoms. The van der Waals surface area contributed by atoms with Gasteiger partial charge in [0.05, 0.1) is 0 Å². The molecule has 0 aliphatic heterocycles. The number of rotatable bonds is 0. The topological polar surface area (TPSA) is 0 Å². The van der Waals surface area contributed by atoms with E-state index in [1.165, 1.54) is 12.8 Å². The van der Waals surface area contributed by atoms with Crippen molar-refractivity contribution in [3.63, 3.8) is 0 Å². The summed E-state index contributed by atoms with van der Waals surface area (Å²) in [6.07, 6.45) is 2.52. The van der Waals surface area contributed by atoms with Gasteiger partial charge in [-0.25, -0.2) is 0 Å². The summed E-state index contributed by atoms with van der Waals surface area (Å²) in [5.74, 6) is 0.833. The molecule has 0 fully saturated rings. The highest BCUT2D eigenvalue weighted by molar-refractivity contribution is 4.55. The highest BCUT2D eigenvalue weighted by Crippen LogP contribution is 2.16. The second-order valence-corrected chi connectivity index (χ2v) is 5.35. The van der Waals surface area contributed by atoms with Crippen LogP contribution in [0.2, 0.25) is 0 Å². The van der Waals surface area contributed by atoms with Gasteiger partial charge < -0.3 is 0 Å². The van der Waals surface area contributed by atoms with Crippen LogP contribution in [0.25, 0.3) is 0 Å². The Morgan fingerprint density at radius 1 is 0.846 bits per heavy atom. The van der Waals surface area contributed by atoms with Gasteiger partial charge in [-0.1, -0.05) is 75.2 Å². The first-order valence-corrected chi connectivity index (χ1v) is 5.71. The van der Waals surface area contributed by atoms with Crippen molar-refractivity contribution in [2.75, 3.05) is 0 Å². The molecule has 0 rings (SSSR count). The molecule has 0 heterocycles. The van der Waals surface area contributed by atoms with E-state index in [-0.39, 0.29) is 0 Å². The third-order valence-corrected chi connectivity index (χ3v) is 1.06. The van der Waals surface area contributed by atoms with Gasteiger partial charge in [0, 0.05) is 0 Å². The lowest BCUT2D eigenvalue weighted by atomic mass is 9.94. The Balaban J connectivity index is -0.000000125. The van der Waals surface area contributed by atoms with E-state index >= 15 is 0 Å². The molecule has 0 unspecified atom stereocenters. The Labute approximate surface area is 87.1 Å². The summed E-state index contributed by atoms with van der Waals surface area (Å²) >= 11 is 0. The molecule has 0 N–H and O–H groups in total. The highest BCUT2D eigenvalue weighted by Gasteiger charge is 2.03. The smallest absolute Gasteiger partial charge is 0.0385 e. The Bertz CT molecular complexity index is 61.8. The average molecular weight is 188 g/mol. The minimum Gasteiger partial charge on any atom is -0.0656 e. The molecule has 0 aliphatic carbocycles. The van der Waals surface area contributed by atoms with Crippen LogP contribution in [0.15, 0.2) is 0 Å². The van der Waals surface area contributed by atoms with Gasteiger partial charge in [-0.2, -0.15) is 0 Å². The zero-order chi connectivity index (χ0) is 11.5. The van der Waals surface area contributed by atoms with Crippen LogP contribution in [-0.4, -0.2) is 0 Å². The molecule has 84 valence electrons. The predicted molar refractivity (Wildman–Crippen MR) is 66.2 cm³/mol. The fourth-order valence-corrected chi connectivity index (χ4v) is 0. The lowest BCUT2D eigenvalue weighted by molar-refractivity contribution is 0.398. The lowest BCUT2D eigenvalue weighted by Gasteiger charge is -2.12. The van der Waals surface area contributed by atoms with E-state index in [2.05, 4.69) is 62.3 Å². The summed E-state index contributed by atoms with van der Waals surface area (Å²) in [7, 11) is 0. The summed E-state index contributed by atoms with van der Waals surface area (Å²) in [4.78, 5) is 0. The molecule has 0 aromatic heterocycles. The number of hydrogen-bond donors (Lipinski definition) is 0. The minimum absolute atomic E-state index is 0.542. The van der Waals surface area contributed by atoms with Crippen molar-refractivity contribution in [3.05, 3.63) is 0 Å². The van der Waals surface area contributed by atoms with Gasteiger partial charge in [0.2, 0.25) is 0 Å². The standard InChI is InChI=1S/C6H14.C4H10.C3H8/c1-5-6(2,3)4;1-4(2)3;1-3-2/h5H2,1-4H3;4H,1-3H3;3H2,1-2H3. The molecule has 0 radical (unpaired) electrons. The summed E-state index contributed by atoms with van der Waals surface area (Å²) in [6.45, 7) is 19.7. The van der Waals surface area contributed by atoms with Crippen LogP contribution in [0, 0.1) is 11.3 Å². The largest absolute Gasteiger partial charge is 0.0656 e. The summed E-state index contributed by atoms with van der Waals surface area (Å²) in [6, 6.07) is 0. The van der Waals surface area contributed by atoms with Gasteiger partial charge in [0.1, 0.15) is 0 Å². The van der Waals surface area contributed by atoms with Crippen molar-refractivity contribution in [2.24, 2.45) is 11.3 Å². The minimum atomic E-state index is 0.542.